The number of alkyl halides is 2. The number of urea groups is 1. The fourth-order valence-electron chi connectivity index (χ4n) is 4.47. The predicted octanol–water partition coefficient (Wildman–Crippen LogP) is 3.95. The molecule has 0 unspecified atom stereocenters. The Bertz CT molecular complexity index is 1140. The number of rotatable bonds is 7. The second-order valence-corrected chi connectivity index (χ2v) is 8.96. The fraction of sp³-hybridized carbons (Fsp3) is 0.400. The summed E-state index contributed by atoms with van der Waals surface area (Å²) in [6.45, 7) is 1.07. The van der Waals surface area contributed by atoms with Crippen LogP contribution in [0.25, 0.3) is 11.1 Å². The van der Waals surface area contributed by atoms with E-state index in [0.717, 1.165) is 21.7 Å². The predicted molar refractivity (Wildman–Crippen MR) is 119 cm³/mol. The van der Waals surface area contributed by atoms with Gasteiger partial charge in [0, 0.05) is 42.3 Å². The molecule has 7 nitrogen and oxygen atoms in total. The molecule has 1 saturated carbocycles. The molecule has 9 heteroatoms. The number of amides is 3. The highest BCUT2D eigenvalue weighted by atomic mass is 19.3. The Morgan fingerprint density at radius 3 is 2.38 bits per heavy atom. The topological polar surface area (TPSA) is 96.4 Å². The van der Waals surface area contributed by atoms with E-state index in [1.54, 1.807) is 36.5 Å². The lowest BCUT2D eigenvalue weighted by atomic mass is 9.80. The highest BCUT2D eigenvalue weighted by Gasteiger charge is 2.55. The van der Waals surface area contributed by atoms with E-state index < -0.39 is 48.6 Å². The number of aryl methyl sites for hydroxylation is 1. The van der Waals surface area contributed by atoms with Gasteiger partial charge in [-0.2, -0.15) is 0 Å². The van der Waals surface area contributed by atoms with Crippen LogP contribution >= 0.6 is 0 Å². The molecule has 1 saturated heterocycles. The van der Waals surface area contributed by atoms with Gasteiger partial charge in [-0.1, -0.05) is 30.3 Å². The maximum atomic E-state index is 13.5. The largest absolute Gasteiger partial charge is 0.325 e. The quantitative estimate of drug-likeness (QED) is 0.489. The van der Waals surface area contributed by atoms with Gasteiger partial charge in [0.2, 0.25) is 5.92 Å². The van der Waals surface area contributed by atoms with Crippen molar-refractivity contribution in [1.82, 2.24) is 15.2 Å². The SMILES string of the molecule is CC(=O)CCc1ncccc1-c1ccc(C(=O)CN2C(=O)NC3(CCC(F)(F)CC3)C2=O)cc1. The molecule has 1 aromatic carbocycles. The number of nitrogens with zero attached hydrogens (tertiary/aromatic N) is 2. The van der Waals surface area contributed by atoms with Gasteiger partial charge in [-0.15, -0.1) is 0 Å². The minimum Gasteiger partial charge on any atom is -0.323 e. The Kier molecular flexibility index (Phi) is 6.29. The Morgan fingerprint density at radius 1 is 1.06 bits per heavy atom. The van der Waals surface area contributed by atoms with Gasteiger partial charge >= 0.3 is 6.03 Å². The first-order valence-electron chi connectivity index (χ1n) is 11.2. The van der Waals surface area contributed by atoms with Crippen molar-refractivity contribution in [1.29, 1.82) is 0 Å². The van der Waals surface area contributed by atoms with Crippen LogP contribution in [-0.2, 0) is 16.0 Å². The normalized spacial score (nSPS) is 18.7. The van der Waals surface area contributed by atoms with Crippen LogP contribution in [0.1, 0.15) is 55.1 Å². The summed E-state index contributed by atoms with van der Waals surface area (Å²) in [6, 6.07) is 9.66. The zero-order valence-corrected chi connectivity index (χ0v) is 18.8. The third kappa shape index (κ3) is 4.73. The van der Waals surface area contributed by atoms with E-state index >= 15 is 0 Å². The second kappa shape index (κ2) is 9.04. The van der Waals surface area contributed by atoms with Gasteiger partial charge in [-0.3, -0.25) is 19.5 Å². The van der Waals surface area contributed by atoms with Crippen LogP contribution in [0.4, 0.5) is 13.6 Å². The van der Waals surface area contributed by atoms with E-state index in [1.807, 2.05) is 6.07 Å². The number of nitrogens with one attached hydrogen (secondary N) is 1. The molecule has 1 aromatic heterocycles. The molecule has 2 heterocycles. The maximum Gasteiger partial charge on any atom is 0.325 e. The Balaban J connectivity index is 1.46. The smallest absolute Gasteiger partial charge is 0.323 e. The van der Waals surface area contributed by atoms with Gasteiger partial charge in [0.15, 0.2) is 5.78 Å². The van der Waals surface area contributed by atoms with E-state index in [-0.39, 0.29) is 18.6 Å². The summed E-state index contributed by atoms with van der Waals surface area (Å²) in [6.07, 6.45) is 1.28. The Labute approximate surface area is 195 Å². The molecule has 1 spiro atoms. The van der Waals surface area contributed by atoms with Crippen molar-refractivity contribution in [2.75, 3.05) is 6.54 Å². The summed E-state index contributed by atoms with van der Waals surface area (Å²) >= 11 is 0. The molecule has 2 aromatic rings. The standard InChI is InChI=1S/C25H25F2N3O4/c1-16(31)4-9-20-19(3-2-14-28-20)17-5-7-18(8-6-17)21(32)15-30-22(33)24(29-23(30)34)10-12-25(26,27)13-11-24/h2-3,5-8,14H,4,9-13,15H2,1H3,(H,29,34). The summed E-state index contributed by atoms with van der Waals surface area (Å²) in [5.41, 5.74) is 1.42. The minimum absolute atomic E-state index is 0.0711. The molecular weight excluding hydrogens is 444 g/mol. The number of aromatic nitrogens is 1. The number of benzene rings is 1. The molecule has 2 fully saturated rings. The van der Waals surface area contributed by atoms with Gasteiger partial charge < -0.3 is 10.1 Å². The van der Waals surface area contributed by atoms with E-state index in [0.29, 0.717) is 18.4 Å². The molecule has 1 aliphatic carbocycles. The maximum absolute atomic E-state index is 13.5. The number of hydrogen-bond acceptors (Lipinski definition) is 5. The van der Waals surface area contributed by atoms with Gasteiger partial charge in [0.1, 0.15) is 11.3 Å². The lowest BCUT2D eigenvalue weighted by Crippen LogP contribution is -2.51. The number of ketones is 2. The molecule has 0 radical (unpaired) electrons. The number of hydrogen-bond donors (Lipinski definition) is 1. The van der Waals surface area contributed by atoms with Crippen LogP contribution in [0.5, 0.6) is 0 Å². The zero-order valence-electron chi connectivity index (χ0n) is 18.8. The highest BCUT2D eigenvalue weighted by Crippen LogP contribution is 2.41. The first-order chi connectivity index (χ1) is 16.1. The molecule has 3 amide bonds. The molecule has 0 atom stereocenters. The van der Waals surface area contributed by atoms with E-state index in [9.17, 15) is 28.0 Å². The second-order valence-electron chi connectivity index (χ2n) is 8.96. The van der Waals surface area contributed by atoms with Gasteiger partial charge in [0.25, 0.3) is 5.91 Å². The third-order valence-corrected chi connectivity index (χ3v) is 6.50. The molecule has 4 rings (SSSR count). The molecule has 1 N–H and O–H groups in total. The Morgan fingerprint density at radius 2 is 1.74 bits per heavy atom. The Hall–Kier alpha value is -3.49. The number of imide groups is 1. The van der Waals surface area contributed by atoms with Gasteiger partial charge in [-0.05, 0) is 37.8 Å². The fourth-order valence-corrected chi connectivity index (χ4v) is 4.47. The van der Waals surface area contributed by atoms with Crippen LogP contribution < -0.4 is 5.32 Å². The van der Waals surface area contributed by atoms with Crippen molar-refractivity contribution < 1.29 is 28.0 Å². The van der Waals surface area contributed by atoms with Crippen molar-refractivity contribution in [3.63, 3.8) is 0 Å². The number of Topliss-reactive ketones (excluding diaryl/α,β-unsaturated/α-hetero) is 2. The van der Waals surface area contributed by atoms with Crippen LogP contribution in [0.3, 0.4) is 0 Å². The third-order valence-electron chi connectivity index (χ3n) is 6.50. The van der Waals surface area contributed by atoms with Gasteiger partial charge in [0.05, 0.1) is 6.54 Å². The summed E-state index contributed by atoms with van der Waals surface area (Å²) in [5, 5.41) is 2.54. The van der Waals surface area contributed by atoms with Crippen molar-refractivity contribution in [2.24, 2.45) is 0 Å². The number of carbonyl (C=O) groups is 4. The van der Waals surface area contributed by atoms with Crippen molar-refractivity contribution >= 4 is 23.5 Å². The van der Waals surface area contributed by atoms with E-state index in [1.165, 1.54) is 6.92 Å². The minimum atomic E-state index is -2.85. The molecule has 0 bridgehead atoms. The van der Waals surface area contributed by atoms with E-state index in [2.05, 4.69) is 10.3 Å². The summed E-state index contributed by atoms with van der Waals surface area (Å²) in [5.74, 6) is -3.83. The van der Waals surface area contributed by atoms with E-state index in [4.69, 9.17) is 0 Å². The van der Waals surface area contributed by atoms with Crippen LogP contribution in [-0.4, -0.2) is 51.4 Å². The van der Waals surface area contributed by atoms with Crippen molar-refractivity contribution in [3.8, 4) is 11.1 Å². The highest BCUT2D eigenvalue weighted by molar-refractivity contribution is 6.11. The van der Waals surface area contributed by atoms with Crippen LogP contribution in [0.2, 0.25) is 0 Å². The summed E-state index contributed by atoms with van der Waals surface area (Å²) in [4.78, 5) is 54.6. The lowest BCUT2D eigenvalue weighted by Gasteiger charge is -2.34. The lowest BCUT2D eigenvalue weighted by molar-refractivity contribution is -0.135. The van der Waals surface area contributed by atoms with Gasteiger partial charge in [-0.25, -0.2) is 13.6 Å². The molecule has 178 valence electrons. The van der Waals surface area contributed by atoms with Crippen LogP contribution in [0, 0.1) is 0 Å². The zero-order chi connectivity index (χ0) is 24.5. The molecule has 2 aliphatic rings. The van der Waals surface area contributed by atoms with Crippen molar-refractivity contribution in [2.45, 2.75) is 56.9 Å². The first kappa shape index (κ1) is 23.7. The molecule has 1 aliphatic heterocycles. The average Bonchev–Trinajstić information content (AvgIpc) is 3.04. The average molecular weight is 469 g/mol. The number of halogens is 2. The monoisotopic (exact) mass is 469 g/mol. The summed E-state index contributed by atoms with van der Waals surface area (Å²) < 4.78 is 27.1. The summed E-state index contributed by atoms with van der Waals surface area (Å²) in [7, 11) is 0. The van der Waals surface area contributed by atoms with Crippen molar-refractivity contribution in [3.05, 3.63) is 53.9 Å². The molecule has 34 heavy (non-hydrogen) atoms. The molecular formula is C25H25F2N3O4. The first-order valence-corrected chi connectivity index (χ1v) is 11.2. The van der Waals surface area contributed by atoms with Crippen LogP contribution in [0.15, 0.2) is 42.6 Å². The number of carbonyl (C=O) groups excluding carboxylic acids is 4. The number of pyridine rings is 1.